The summed E-state index contributed by atoms with van der Waals surface area (Å²) in [7, 11) is 3.01. The van der Waals surface area contributed by atoms with Crippen molar-refractivity contribution in [1.82, 2.24) is 0 Å². The van der Waals surface area contributed by atoms with Gasteiger partial charge in [-0.25, -0.2) is 0 Å². The van der Waals surface area contributed by atoms with Crippen LogP contribution in [0.15, 0.2) is 121 Å². The summed E-state index contributed by atoms with van der Waals surface area (Å²) in [5, 5.41) is -0.0307. The largest absolute Gasteiger partial charge is 0.117 e. The summed E-state index contributed by atoms with van der Waals surface area (Å²) in [4.78, 5) is 0. The lowest BCUT2D eigenvalue weighted by molar-refractivity contribution is 0.701. The second-order valence-electron chi connectivity index (χ2n) is 14.2. The molecule has 5 aromatic rings. The van der Waals surface area contributed by atoms with E-state index in [4.69, 9.17) is 0 Å². The molecule has 0 N–H and O–H groups in total. The van der Waals surface area contributed by atoms with Crippen LogP contribution in [-0.2, 0) is 11.3 Å². The molecule has 1 atom stereocenters. The highest BCUT2D eigenvalue weighted by atomic mass is 31.1. The molecule has 5 rings (SSSR count). The summed E-state index contributed by atoms with van der Waals surface area (Å²) in [6, 6.07) is 44.9. The maximum absolute atomic E-state index is 3.40. The van der Waals surface area contributed by atoms with E-state index in [1.54, 1.807) is 0 Å². The van der Waals surface area contributed by atoms with Crippen molar-refractivity contribution in [2.75, 3.05) is 0 Å². The Morgan fingerprint density at radius 3 is 1.30 bits per heavy atom. The van der Waals surface area contributed by atoms with Gasteiger partial charge in [0.1, 0.15) is 0 Å². The number of hydrogen-bond donors (Lipinski definition) is 0. The van der Waals surface area contributed by atoms with Crippen molar-refractivity contribution in [1.29, 1.82) is 0 Å². The Morgan fingerprint density at radius 2 is 0.886 bits per heavy atom. The van der Waals surface area contributed by atoms with Gasteiger partial charge in [0, 0.05) is 0 Å². The molecule has 0 aliphatic rings. The summed E-state index contributed by atoms with van der Waals surface area (Å²) >= 11 is 0. The minimum absolute atomic E-state index is 0.199. The minimum atomic E-state index is -0.429. The van der Waals surface area contributed by atoms with Crippen LogP contribution in [0.3, 0.4) is 0 Å². The van der Waals surface area contributed by atoms with E-state index in [0.717, 1.165) is 6.16 Å². The van der Waals surface area contributed by atoms with Crippen molar-refractivity contribution in [3.05, 3.63) is 155 Å². The minimum Gasteiger partial charge on any atom is -0.117 e. The normalized spacial score (nSPS) is 12.5. The maximum atomic E-state index is 3.40. The van der Waals surface area contributed by atoms with Gasteiger partial charge in [0.15, 0.2) is 0 Å². The third-order valence-corrected chi connectivity index (χ3v) is 13.8. The molecule has 0 spiro atoms. The Bertz CT molecular complexity index is 1660. The van der Waals surface area contributed by atoms with Crippen molar-refractivity contribution >= 4 is 17.2 Å². The summed E-state index contributed by atoms with van der Waals surface area (Å²) in [6.45, 7) is 19.2. The monoisotopic (exact) mass is 614 g/mol. The number of hydrogen-bond acceptors (Lipinski definition) is 0. The predicted molar refractivity (Wildman–Crippen MR) is 199 cm³/mol. The van der Waals surface area contributed by atoms with Crippen LogP contribution in [0.5, 0.6) is 0 Å². The van der Waals surface area contributed by atoms with E-state index in [2.05, 4.69) is 186 Å². The number of benzene rings is 5. The molecular formula is C42H48P2. The molecule has 0 radical (unpaired) electrons. The van der Waals surface area contributed by atoms with Crippen molar-refractivity contribution in [3.8, 4) is 22.3 Å². The van der Waals surface area contributed by atoms with Crippen LogP contribution in [-0.4, -0.2) is 10.3 Å². The van der Waals surface area contributed by atoms with Gasteiger partial charge in [0.2, 0.25) is 0 Å². The summed E-state index contributed by atoms with van der Waals surface area (Å²) in [5.74, 6) is 0. The summed E-state index contributed by atoms with van der Waals surface area (Å²) in [5.41, 5.74) is 13.2. The Balaban J connectivity index is 1.94. The molecule has 0 heterocycles. The summed E-state index contributed by atoms with van der Waals surface area (Å²) < 4.78 is 0. The SMILES string of the molecule is Cc1ccccc1C(P)(c1ccccc1C)c1cc(-c2ccccc2)c(-c2ccccc2)cc1CP(C(C)(C)C)C(C)(C)C. The molecule has 0 amide bonds. The average Bonchev–Trinajstić information content (AvgIpc) is 2.99. The van der Waals surface area contributed by atoms with Gasteiger partial charge in [0.05, 0.1) is 5.16 Å². The Labute approximate surface area is 270 Å². The second-order valence-corrected chi connectivity index (χ2v) is 18.9. The first-order valence-corrected chi connectivity index (χ1v) is 17.9. The molecule has 0 nitrogen and oxygen atoms in total. The molecule has 0 saturated heterocycles. The van der Waals surface area contributed by atoms with E-state index in [0.29, 0.717) is 0 Å². The number of rotatable bonds is 7. The molecule has 0 fully saturated rings. The van der Waals surface area contributed by atoms with Crippen molar-refractivity contribution in [2.24, 2.45) is 0 Å². The summed E-state index contributed by atoms with van der Waals surface area (Å²) in [6.07, 6.45) is 1.06. The first-order chi connectivity index (χ1) is 20.8. The van der Waals surface area contributed by atoms with Crippen LogP contribution >= 0.6 is 17.2 Å². The zero-order valence-corrected chi connectivity index (χ0v) is 29.8. The molecule has 226 valence electrons. The van der Waals surface area contributed by atoms with Gasteiger partial charge in [-0.1, -0.05) is 159 Å². The van der Waals surface area contributed by atoms with Gasteiger partial charge in [-0.15, -0.1) is 9.24 Å². The van der Waals surface area contributed by atoms with Gasteiger partial charge in [-0.2, -0.15) is 0 Å². The highest BCUT2D eigenvalue weighted by molar-refractivity contribution is 7.60. The van der Waals surface area contributed by atoms with Crippen LogP contribution in [0.25, 0.3) is 22.3 Å². The fourth-order valence-electron chi connectivity index (χ4n) is 6.97. The van der Waals surface area contributed by atoms with Crippen molar-refractivity contribution < 1.29 is 0 Å². The van der Waals surface area contributed by atoms with Gasteiger partial charge in [-0.3, -0.25) is 0 Å². The smallest absolute Gasteiger partial charge is 0.0599 e. The van der Waals surface area contributed by atoms with Gasteiger partial charge in [0.25, 0.3) is 0 Å². The van der Waals surface area contributed by atoms with Crippen LogP contribution in [0.4, 0.5) is 0 Å². The topological polar surface area (TPSA) is 0 Å². The van der Waals surface area contributed by atoms with Gasteiger partial charge >= 0.3 is 0 Å². The molecular weight excluding hydrogens is 566 g/mol. The first kappa shape index (κ1) is 32.4. The molecule has 0 aromatic heterocycles. The molecule has 1 unspecified atom stereocenters. The van der Waals surface area contributed by atoms with Crippen LogP contribution in [0.1, 0.15) is 74.9 Å². The lowest BCUT2D eigenvalue weighted by Gasteiger charge is -2.43. The maximum Gasteiger partial charge on any atom is 0.0599 e. The standard InChI is InChI=1S/C42H48P2/c1-30-19-15-17-25-37(30)42(43,38-26-18-16-20-31(38)2)39-28-36(33-23-13-10-14-24-33)35(32-21-11-9-12-22-32)27-34(39)29-44(40(3,4)5)41(6,7)8/h9-28H,29,43H2,1-8H3. The lowest BCUT2D eigenvalue weighted by Crippen LogP contribution is -2.29. The number of aryl methyl sites for hydroxylation is 2. The highest BCUT2D eigenvalue weighted by Gasteiger charge is 2.40. The molecule has 5 aromatic carbocycles. The molecule has 0 aliphatic carbocycles. The molecule has 0 bridgehead atoms. The first-order valence-electron chi connectivity index (χ1n) is 15.8. The molecule has 0 aliphatic heterocycles. The van der Waals surface area contributed by atoms with E-state index < -0.39 is 5.16 Å². The van der Waals surface area contributed by atoms with Crippen molar-refractivity contribution in [2.45, 2.75) is 77.0 Å². The lowest BCUT2D eigenvalue weighted by atomic mass is 9.76. The van der Waals surface area contributed by atoms with E-state index in [-0.39, 0.29) is 18.2 Å². The zero-order valence-electron chi connectivity index (χ0n) is 27.8. The van der Waals surface area contributed by atoms with Crippen LogP contribution in [0, 0.1) is 13.8 Å². The second kappa shape index (κ2) is 12.8. The van der Waals surface area contributed by atoms with E-state index >= 15 is 0 Å². The highest BCUT2D eigenvalue weighted by Crippen LogP contribution is 2.63. The van der Waals surface area contributed by atoms with Crippen molar-refractivity contribution in [3.63, 3.8) is 0 Å². The van der Waals surface area contributed by atoms with Crippen LogP contribution < -0.4 is 0 Å². The molecule has 2 heteroatoms. The third-order valence-electron chi connectivity index (χ3n) is 8.93. The Kier molecular flexibility index (Phi) is 9.38. The van der Waals surface area contributed by atoms with Crippen LogP contribution in [0.2, 0.25) is 0 Å². The molecule has 44 heavy (non-hydrogen) atoms. The predicted octanol–water partition coefficient (Wildman–Crippen LogP) is 12.4. The Morgan fingerprint density at radius 1 is 0.500 bits per heavy atom. The molecule has 0 saturated carbocycles. The Hall–Kier alpha value is -3.04. The third kappa shape index (κ3) is 6.50. The fourth-order valence-corrected chi connectivity index (χ4v) is 11.5. The van der Waals surface area contributed by atoms with E-state index in [1.807, 2.05) is 0 Å². The fraction of sp³-hybridized carbons (Fsp3) is 0.286. The average molecular weight is 615 g/mol. The quantitative estimate of drug-likeness (QED) is 0.126. The zero-order chi connectivity index (χ0) is 31.7. The van der Waals surface area contributed by atoms with Gasteiger partial charge in [-0.05, 0) is 98.1 Å². The van der Waals surface area contributed by atoms with Gasteiger partial charge < -0.3 is 0 Å². The van der Waals surface area contributed by atoms with E-state index in [9.17, 15) is 0 Å². The van der Waals surface area contributed by atoms with E-state index in [1.165, 1.54) is 55.6 Å².